The third-order valence-corrected chi connectivity index (χ3v) is 10.3. The van der Waals surface area contributed by atoms with Crippen molar-refractivity contribution in [3.05, 3.63) is 193 Å². The van der Waals surface area contributed by atoms with E-state index in [1.807, 2.05) is 0 Å². The van der Waals surface area contributed by atoms with Crippen molar-refractivity contribution in [3.8, 4) is 44.5 Å². The first kappa shape index (κ1) is 26.3. The van der Waals surface area contributed by atoms with Gasteiger partial charge < -0.3 is 0 Å². The van der Waals surface area contributed by atoms with E-state index >= 15 is 0 Å². The molecule has 218 valence electrons. The van der Waals surface area contributed by atoms with Gasteiger partial charge in [-0.15, -0.1) is 0 Å². The van der Waals surface area contributed by atoms with Gasteiger partial charge >= 0.3 is 0 Å². The van der Waals surface area contributed by atoms with Crippen molar-refractivity contribution in [1.29, 1.82) is 0 Å². The van der Waals surface area contributed by atoms with Crippen LogP contribution < -0.4 is 0 Å². The molecule has 47 heavy (non-hydrogen) atoms. The molecule has 1 aliphatic carbocycles. The molecule has 0 aliphatic heterocycles. The van der Waals surface area contributed by atoms with Crippen LogP contribution in [0.2, 0.25) is 0 Å². The summed E-state index contributed by atoms with van der Waals surface area (Å²) in [6, 6.07) is 65.2. The summed E-state index contributed by atoms with van der Waals surface area (Å²) in [6.45, 7) is 0. The summed E-state index contributed by atoms with van der Waals surface area (Å²) in [6.07, 6.45) is 0. The Kier molecular flexibility index (Phi) is 5.74. The van der Waals surface area contributed by atoms with Crippen molar-refractivity contribution in [2.24, 2.45) is 0 Å². The van der Waals surface area contributed by atoms with Crippen LogP contribution >= 0.6 is 0 Å². The lowest BCUT2D eigenvalue weighted by molar-refractivity contribution is 1.02. The molecule has 9 aromatic carbocycles. The van der Waals surface area contributed by atoms with E-state index in [1.165, 1.54) is 93.5 Å². The highest BCUT2D eigenvalue weighted by Gasteiger charge is 2.29. The van der Waals surface area contributed by atoms with Gasteiger partial charge in [-0.05, 0) is 93.5 Å². The van der Waals surface area contributed by atoms with E-state index < -0.39 is 0 Å². The van der Waals surface area contributed by atoms with Crippen LogP contribution in [0.4, 0.5) is 0 Å². The molecule has 0 saturated heterocycles. The van der Waals surface area contributed by atoms with Crippen LogP contribution in [0.25, 0.3) is 76.8 Å². The number of benzene rings is 9. The van der Waals surface area contributed by atoms with Crippen molar-refractivity contribution in [2.45, 2.75) is 5.92 Å². The molecule has 0 spiro atoms. The van der Waals surface area contributed by atoms with E-state index in [9.17, 15) is 0 Å². The molecule has 0 saturated carbocycles. The molecular weight excluding hydrogens is 565 g/mol. The standard InChI is InChI=1S/C47H30/c1-2-11-30(12-3-1)35-15-4-5-16-37(35)40-26-22-32-23-27-43-36(25-21-31-24-28-44(40)47(32)46(31)43)33-13-10-14-34(29-33)45-41-19-8-6-17-38(41)39-18-7-9-20-42(39)45/h1-29,45H. The molecule has 0 fully saturated rings. The molecule has 0 atom stereocenters. The SMILES string of the molecule is c1ccc(-c2ccccc2-c2ccc3ccc4c(-c5cccc(C6c7ccccc7-c7ccccc76)c5)ccc5ccc2c3c54)cc1. The third kappa shape index (κ3) is 3.95. The Bertz CT molecular complexity index is 2580. The van der Waals surface area contributed by atoms with E-state index in [-0.39, 0.29) is 5.92 Å². The van der Waals surface area contributed by atoms with Crippen LogP contribution in [0.1, 0.15) is 22.6 Å². The molecule has 0 radical (unpaired) electrons. The Hall–Kier alpha value is -5.98. The van der Waals surface area contributed by atoms with Crippen LogP contribution in [0.15, 0.2) is 176 Å². The summed E-state index contributed by atoms with van der Waals surface area (Å²) in [5, 5.41) is 7.86. The molecule has 1 aliphatic rings. The largest absolute Gasteiger partial charge is 0.0622 e. The maximum absolute atomic E-state index is 2.43. The third-order valence-electron chi connectivity index (χ3n) is 10.3. The maximum atomic E-state index is 2.43. The number of hydrogen-bond donors (Lipinski definition) is 0. The topological polar surface area (TPSA) is 0 Å². The first-order valence-corrected chi connectivity index (χ1v) is 16.5. The van der Waals surface area contributed by atoms with Gasteiger partial charge in [-0.3, -0.25) is 0 Å². The second kappa shape index (κ2) is 10.3. The van der Waals surface area contributed by atoms with Gasteiger partial charge in [-0.2, -0.15) is 0 Å². The molecule has 0 aromatic heterocycles. The zero-order valence-corrected chi connectivity index (χ0v) is 25.8. The second-order valence-electron chi connectivity index (χ2n) is 12.8. The minimum absolute atomic E-state index is 0.231. The van der Waals surface area contributed by atoms with Crippen molar-refractivity contribution in [3.63, 3.8) is 0 Å². The van der Waals surface area contributed by atoms with Gasteiger partial charge in [0, 0.05) is 5.92 Å². The molecular formula is C47H30. The van der Waals surface area contributed by atoms with Crippen molar-refractivity contribution in [1.82, 2.24) is 0 Å². The smallest absolute Gasteiger partial charge is 0.0352 e. The summed E-state index contributed by atoms with van der Waals surface area (Å²) < 4.78 is 0. The predicted molar refractivity (Wildman–Crippen MR) is 199 cm³/mol. The van der Waals surface area contributed by atoms with Crippen molar-refractivity contribution >= 4 is 32.3 Å². The van der Waals surface area contributed by atoms with E-state index in [4.69, 9.17) is 0 Å². The lowest BCUT2D eigenvalue weighted by atomic mass is 9.84. The molecule has 0 nitrogen and oxygen atoms in total. The highest BCUT2D eigenvalue weighted by molar-refractivity contribution is 6.27. The van der Waals surface area contributed by atoms with Gasteiger partial charge in [0.2, 0.25) is 0 Å². The van der Waals surface area contributed by atoms with Gasteiger partial charge in [0.15, 0.2) is 0 Å². The van der Waals surface area contributed by atoms with Crippen LogP contribution in [-0.4, -0.2) is 0 Å². The Morgan fingerprint density at radius 2 is 0.809 bits per heavy atom. The number of rotatable bonds is 4. The Labute approximate surface area is 274 Å². The van der Waals surface area contributed by atoms with Gasteiger partial charge in [0.05, 0.1) is 0 Å². The Morgan fingerprint density at radius 1 is 0.298 bits per heavy atom. The van der Waals surface area contributed by atoms with Gasteiger partial charge in [-0.1, -0.05) is 176 Å². The first-order valence-electron chi connectivity index (χ1n) is 16.5. The molecule has 0 bridgehead atoms. The summed E-state index contributed by atoms with van der Waals surface area (Å²) >= 11 is 0. The van der Waals surface area contributed by atoms with E-state index in [0.717, 1.165) is 0 Å². The van der Waals surface area contributed by atoms with E-state index in [2.05, 4.69) is 176 Å². The van der Waals surface area contributed by atoms with Gasteiger partial charge in [-0.25, -0.2) is 0 Å². The van der Waals surface area contributed by atoms with Crippen LogP contribution in [0.3, 0.4) is 0 Å². The highest BCUT2D eigenvalue weighted by atomic mass is 14.3. The molecule has 9 aromatic rings. The van der Waals surface area contributed by atoms with Crippen LogP contribution in [-0.2, 0) is 0 Å². The first-order chi connectivity index (χ1) is 23.3. The minimum atomic E-state index is 0.231. The highest BCUT2D eigenvalue weighted by Crippen LogP contribution is 2.49. The Morgan fingerprint density at radius 3 is 1.49 bits per heavy atom. The minimum Gasteiger partial charge on any atom is -0.0622 e. The second-order valence-corrected chi connectivity index (χ2v) is 12.8. The lowest BCUT2D eigenvalue weighted by Gasteiger charge is -2.19. The fourth-order valence-electron chi connectivity index (χ4n) is 8.28. The van der Waals surface area contributed by atoms with E-state index in [1.54, 1.807) is 0 Å². The number of fused-ring (bicyclic) bond motifs is 3. The zero-order chi connectivity index (χ0) is 30.9. The summed E-state index contributed by atoms with van der Waals surface area (Å²) in [5.74, 6) is 0.231. The fraction of sp³-hybridized carbons (Fsp3) is 0.0213. The predicted octanol–water partition coefficient (Wildman–Crippen LogP) is 12.7. The van der Waals surface area contributed by atoms with Crippen molar-refractivity contribution < 1.29 is 0 Å². The van der Waals surface area contributed by atoms with Crippen LogP contribution in [0.5, 0.6) is 0 Å². The van der Waals surface area contributed by atoms with Gasteiger partial charge in [0.1, 0.15) is 0 Å². The summed E-state index contributed by atoms with van der Waals surface area (Å²) in [5.41, 5.74) is 14.4. The van der Waals surface area contributed by atoms with Crippen molar-refractivity contribution in [2.75, 3.05) is 0 Å². The molecule has 0 N–H and O–H groups in total. The van der Waals surface area contributed by atoms with Gasteiger partial charge in [0.25, 0.3) is 0 Å². The Balaban J connectivity index is 1.17. The fourth-order valence-corrected chi connectivity index (χ4v) is 8.28. The normalized spacial score (nSPS) is 12.6. The van der Waals surface area contributed by atoms with E-state index in [0.29, 0.717) is 0 Å². The molecule has 10 rings (SSSR count). The van der Waals surface area contributed by atoms with Crippen LogP contribution in [0, 0.1) is 0 Å². The summed E-state index contributed by atoms with van der Waals surface area (Å²) in [7, 11) is 0. The average Bonchev–Trinajstić information content (AvgIpc) is 3.48. The molecule has 0 unspecified atom stereocenters. The average molecular weight is 595 g/mol. The quantitative estimate of drug-likeness (QED) is 0.178. The molecule has 0 heteroatoms. The number of hydrogen-bond acceptors (Lipinski definition) is 0. The molecule has 0 amide bonds. The molecule has 0 heterocycles. The summed E-state index contributed by atoms with van der Waals surface area (Å²) in [4.78, 5) is 0. The lowest BCUT2D eigenvalue weighted by Crippen LogP contribution is -1.99. The zero-order valence-electron chi connectivity index (χ0n) is 25.8. The maximum Gasteiger partial charge on any atom is 0.0352 e. The monoisotopic (exact) mass is 594 g/mol.